The summed E-state index contributed by atoms with van der Waals surface area (Å²) in [5.41, 5.74) is 5.82. The normalized spacial score (nSPS) is 15.0. The van der Waals surface area contributed by atoms with Gasteiger partial charge >= 0.3 is 0 Å². The summed E-state index contributed by atoms with van der Waals surface area (Å²) in [6.07, 6.45) is 2.78. The van der Waals surface area contributed by atoms with Crippen molar-refractivity contribution in [2.24, 2.45) is 5.10 Å². The Morgan fingerprint density at radius 3 is 2.28 bits per heavy atom. The van der Waals surface area contributed by atoms with Crippen LogP contribution in [0.15, 0.2) is 59.7 Å². The molecule has 8 heteroatoms. The number of nitrogens with zero attached hydrogens (tertiary/aromatic N) is 3. The number of likely N-dealkylation sites (tertiary alicyclic amines) is 1. The first-order valence-corrected chi connectivity index (χ1v) is 11.3. The summed E-state index contributed by atoms with van der Waals surface area (Å²) in [5, 5.41) is 4.28. The molecular weight excluding hydrogens is 388 g/mol. The number of hydrogen-bond donors (Lipinski definition) is 1. The Bertz CT molecular complexity index is 963. The Morgan fingerprint density at radius 1 is 1.07 bits per heavy atom. The smallest absolute Gasteiger partial charge is 0.271 e. The minimum atomic E-state index is -3.33. The van der Waals surface area contributed by atoms with E-state index in [9.17, 15) is 13.2 Å². The van der Waals surface area contributed by atoms with Gasteiger partial charge in [0.25, 0.3) is 5.91 Å². The van der Waals surface area contributed by atoms with Crippen LogP contribution in [0, 0.1) is 0 Å². The van der Waals surface area contributed by atoms with Crippen LogP contribution in [0.2, 0.25) is 0 Å². The van der Waals surface area contributed by atoms with E-state index in [1.165, 1.54) is 12.6 Å². The lowest BCUT2D eigenvalue weighted by Crippen LogP contribution is -2.34. The van der Waals surface area contributed by atoms with Crippen LogP contribution in [0.3, 0.4) is 0 Å². The van der Waals surface area contributed by atoms with E-state index in [4.69, 9.17) is 0 Å². The number of anilines is 1. The maximum Gasteiger partial charge on any atom is 0.271 e. The number of hydrogen-bond acceptors (Lipinski definition) is 5. The predicted molar refractivity (Wildman–Crippen MR) is 116 cm³/mol. The number of carbonyl (C=O) groups is 1. The molecule has 1 aliphatic heterocycles. The molecule has 1 aliphatic rings. The molecule has 1 saturated heterocycles. The third kappa shape index (κ3) is 5.88. The molecule has 2 aromatic carbocycles. The average Bonchev–Trinajstić information content (AvgIpc) is 2.73. The van der Waals surface area contributed by atoms with Crippen molar-refractivity contribution in [2.75, 3.05) is 30.7 Å². The highest BCUT2D eigenvalue weighted by molar-refractivity contribution is 7.92. The number of rotatable bonds is 6. The molecule has 0 bridgehead atoms. The number of sulfonamides is 1. The van der Waals surface area contributed by atoms with Crippen molar-refractivity contribution in [1.29, 1.82) is 0 Å². The van der Waals surface area contributed by atoms with Crippen LogP contribution < -0.4 is 9.73 Å². The molecule has 0 unspecified atom stereocenters. The van der Waals surface area contributed by atoms with E-state index in [1.54, 1.807) is 24.3 Å². The van der Waals surface area contributed by atoms with Crippen molar-refractivity contribution in [3.63, 3.8) is 0 Å². The van der Waals surface area contributed by atoms with Gasteiger partial charge in [-0.25, -0.2) is 13.8 Å². The fourth-order valence-corrected chi connectivity index (χ4v) is 3.64. The second-order valence-electron chi connectivity index (χ2n) is 7.16. The molecule has 2 aromatic rings. The van der Waals surface area contributed by atoms with E-state index in [-0.39, 0.29) is 5.91 Å². The van der Waals surface area contributed by atoms with Crippen LogP contribution in [0.4, 0.5) is 5.69 Å². The standard InChI is InChI=1S/C21H26N4O3S/c1-24(29(2,27)28)20-10-8-18(9-11-20)21(26)23-22-19-12-14-25(15-13-19)16-17-6-4-3-5-7-17/h3-11H,12-16H2,1-2H3,(H,23,26). The summed E-state index contributed by atoms with van der Waals surface area (Å²) in [7, 11) is -1.86. The Hall–Kier alpha value is -2.71. The first kappa shape index (κ1) is 21.0. The van der Waals surface area contributed by atoms with Gasteiger partial charge in [-0.05, 0) is 29.8 Å². The van der Waals surface area contributed by atoms with Crippen LogP contribution in [0.25, 0.3) is 0 Å². The fraction of sp³-hybridized carbons (Fsp3) is 0.333. The lowest BCUT2D eigenvalue weighted by molar-refractivity contribution is 0.0954. The third-order valence-electron chi connectivity index (χ3n) is 4.99. The largest absolute Gasteiger partial charge is 0.298 e. The van der Waals surface area contributed by atoms with Crippen LogP contribution in [0.5, 0.6) is 0 Å². The van der Waals surface area contributed by atoms with E-state index in [2.05, 4.69) is 27.6 Å². The summed E-state index contributed by atoms with van der Waals surface area (Å²) < 4.78 is 24.3. The highest BCUT2D eigenvalue weighted by Crippen LogP contribution is 2.16. The molecule has 0 radical (unpaired) electrons. The maximum absolute atomic E-state index is 12.3. The van der Waals surface area contributed by atoms with Gasteiger partial charge < -0.3 is 0 Å². The van der Waals surface area contributed by atoms with Crippen molar-refractivity contribution in [1.82, 2.24) is 10.3 Å². The summed E-state index contributed by atoms with van der Waals surface area (Å²) >= 11 is 0. The number of carbonyl (C=O) groups excluding carboxylic acids is 1. The third-order valence-corrected chi connectivity index (χ3v) is 6.19. The molecule has 1 heterocycles. The Labute approximate surface area is 172 Å². The van der Waals surface area contributed by atoms with Crippen molar-refractivity contribution < 1.29 is 13.2 Å². The van der Waals surface area contributed by atoms with Gasteiger partial charge in [0.1, 0.15) is 0 Å². The van der Waals surface area contributed by atoms with Gasteiger partial charge in [-0.15, -0.1) is 0 Å². The van der Waals surface area contributed by atoms with Gasteiger partial charge in [-0.1, -0.05) is 30.3 Å². The van der Waals surface area contributed by atoms with Gasteiger partial charge in [-0.2, -0.15) is 5.10 Å². The van der Waals surface area contributed by atoms with Crippen LogP contribution >= 0.6 is 0 Å². The first-order valence-electron chi connectivity index (χ1n) is 9.49. The van der Waals surface area contributed by atoms with Crippen molar-refractivity contribution in [3.8, 4) is 0 Å². The average molecular weight is 415 g/mol. The Balaban J connectivity index is 1.51. The molecule has 0 saturated carbocycles. The Kier molecular flexibility index (Phi) is 6.66. The van der Waals surface area contributed by atoms with Crippen LogP contribution in [-0.4, -0.2) is 51.3 Å². The predicted octanol–water partition coefficient (Wildman–Crippen LogP) is 2.46. The van der Waals surface area contributed by atoms with Gasteiger partial charge in [0.05, 0.1) is 11.9 Å². The van der Waals surface area contributed by atoms with E-state index in [1.807, 2.05) is 18.2 Å². The first-order chi connectivity index (χ1) is 13.8. The number of amides is 1. The van der Waals surface area contributed by atoms with E-state index >= 15 is 0 Å². The molecule has 0 aromatic heterocycles. The monoisotopic (exact) mass is 414 g/mol. The highest BCUT2D eigenvalue weighted by atomic mass is 32.2. The molecule has 0 atom stereocenters. The molecule has 1 N–H and O–H groups in total. The molecule has 7 nitrogen and oxygen atoms in total. The van der Waals surface area contributed by atoms with Crippen molar-refractivity contribution in [3.05, 3.63) is 65.7 Å². The van der Waals surface area contributed by atoms with Gasteiger partial charge in [0.15, 0.2) is 0 Å². The number of nitrogens with one attached hydrogen (secondary N) is 1. The second kappa shape index (κ2) is 9.19. The lowest BCUT2D eigenvalue weighted by Gasteiger charge is -2.27. The Morgan fingerprint density at radius 2 is 1.69 bits per heavy atom. The summed E-state index contributed by atoms with van der Waals surface area (Å²) in [6, 6.07) is 16.8. The van der Waals surface area contributed by atoms with E-state index < -0.39 is 10.0 Å². The van der Waals surface area contributed by atoms with Gasteiger partial charge in [0, 0.05) is 50.8 Å². The molecule has 1 amide bonds. The van der Waals surface area contributed by atoms with Gasteiger partial charge in [-0.3, -0.25) is 14.0 Å². The summed E-state index contributed by atoms with van der Waals surface area (Å²) in [5.74, 6) is -0.308. The number of piperidine rings is 1. The lowest BCUT2D eigenvalue weighted by atomic mass is 10.1. The fourth-order valence-electron chi connectivity index (χ4n) is 3.13. The zero-order valence-corrected chi connectivity index (χ0v) is 17.5. The minimum Gasteiger partial charge on any atom is -0.298 e. The quantitative estimate of drug-likeness (QED) is 0.736. The minimum absolute atomic E-state index is 0.308. The zero-order valence-electron chi connectivity index (χ0n) is 16.7. The van der Waals surface area contributed by atoms with E-state index in [0.29, 0.717) is 11.3 Å². The second-order valence-corrected chi connectivity index (χ2v) is 9.17. The summed E-state index contributed by atoms with van der Waals surface area (Å²) in [4.78, 5) is 14.7. The van der Waals surface area contributed by atoms with Crippen LogP contribution in [0.1, 0.15) is 28.8 Å². The van der Waals surface area contributed by atoms with Gasteiger partial charge in [0.2, 0.25) is 10.0 Å². The zero-order chi connectivity index (χ0) is 20.9. The van der Waals surface area contributed by atoms with E-state index in [0.717, 1.165) is 48.7 Å². The molecule has 3 rings (SSSR count). The highest BCUT2D eigenvalue weighted by Gasteiger charge is 2.16. The maximum atomic E-state index is 12.3. The SMILES string of the molecule is CN(c1ccc(C(=O)NN=C2CCN(Cc3ccccc3)CC2)cc1)S(C)(=O)=O. The molecular formula is C21H26N4O3S. The number of hydrazone groups is 1. The number of benzene rings is 2. The molecule has 29 heavy (non-hydrogen) atoms. The molecule has 0 spiro atoms. The molecule has 1 fully saturated rings. The molecule has 0 aliphatic carbocycles. The van der Waals surface area contributed by atoms with Crippen LogP contribution in [-0.2, 0) is 16.6 Å². The summed E-state index contributed by atoms with van der Waals surface area (Å²) in [6.45, 7) is 2.75. The van der Waals surface area contributed by atoms with Crippen molar-refractivity contribution in [2.45, 2.75) is 19.4 Å². The van der Waals surface area contributed by atoms with Crippen molar-refractivity contribution >= 4 is 27.3 Å². The topological polar surface area (TPSA) is 82.1 Å². The molecule has 154 valence electrons.